The van der Waals surface area contributed by atoms with Crippen LogP contribution < -0.4 is 11.1 Å². The van der Waals surface area contributed by atoms with Gasteiger partial charge in [0.2, 0.25) is 5.91 Å². The summed E-state index contributed by atoms with van der Waals surface area (Å²) in [5.41, 5.74) is 7.34. The highest BCUT2D eigenvalue weighted by molar-refractivity contribution is 5.89. The molecular weight excluding hydrogens is 264 g/mol. The number of carbonyl (C=O) groups excluding carboxylic acids is 1. The van der Waals surface area contributed by atoms with Crippen molar-refractivity contribution < 1.29 is 9.53 Å². The average molecular weight is 284 g/mol. The van der Waals surface area contributed by atoms with Gasteiger partial charge in [-0.3, -0.25) is 4.79 Å². The Bertz CT molecular complexity index is 596. The lowest BCUT2D eigenvalue weighted by molar-refractivity contribution is -0.124. The molecule has 0 heterocycles. The van der Waals surface area contributed by atoms with Gasteiger partial charge in [-0.2, -0.15) is 0 Å². The Balaban J connectivity index is 2.44. The van der Waals surface area contributed by atoms with E-state index in [-0.39, 0.29) is 6.61 Å². The van der Waals surface area contributed by atoms with Crippen LogP contribution in [0.5, 0.6) is 0 Å². The number of methoxy groups -OCH3 is 1. The zero-order valence-electron chi connectivity index (χ0n) is 12.3. The molecular formula is C17H20N2O2. The molecule has 1 unspecified atom stereocenters. The second-order valence-corrected chi connectivity index (χ2v) is 5.06. The smallest absolute Gasteiger partial charge is 0.250 e. The van der Waals surface area contributed by atoms with Crippen molar-refractivity contribution in [1.82, 2.24) is 0 Å². The number of nitrogens with one attached hydrogen (secondary N) is 1. The molecule has 0 radical (unpaired) electrons. The molecule has 2 rings (SSSR count). The second-order valence-electron chi connectivity index (χ2n) is 5.06. The summed E-state index contributed by atoms with van der Waals surface area (Å²) < 4.78 is 5.26. The van der Waals surface area contributed by atoms with Crippen molar-refractivity contribution >= 4 is 11.6 Å². The van der Waals surface area contributed by atoms with Gasteiger partial charge in [-0.15, -0.1) is 0 Å². The highest BCUT2D eigenvalue weighted by Crippen LogP contribution is 2.27. The number of ether oxygens (including phenoxy) is 1. The predicted molar refractivity (Wildman–Crippen MR) is 84.0 cm³/mol. The number of rotatable bonds is 6. The molecule has 110 valence electrons. The summed E-state index contributed by atoms with van der Waals surface area (Å²) >= 11 is 0. The third-order valence-electron chi connectivity index (χ3n) is 3.46. The first-order chi connectivity index (χ1) is 10.1. The first kappa shape index (κ1) is 15.1. The van der Waals surface area contributed by atoms with Crippen LogP contribution in [0, 0.1) is 6.92 Å². The standard InChI is InChI=1S/C17H20N2O2/c1-13-8-10-15(11-9-13)19-17(12-21-2,16(18)20)14-6-4-3-5-7-14/h3-11,19H,12H2,1-2H3,(H2,18,20). The highest BCUT2D eigenvalue weighted by atomic mass is 16.5. The normalized spacial score (nSPS) is 13.4. The lowest BCUT2D eigenvalue weighted by Gasteiger charge is -2.32. The topological polar surface area (TPSA) is 64.3 Å². The number of amides is 1. The van der Waals surface area contributed by atoms with Crippen molar-refractivity contribution in [3.63, 3.8) is 0 Å². The van der Waals surface area contributed by atoms with E-state index >= 15 is 0 Å². The molecule has 0 bridgehead atoms. The van der Waals surface area contributed by atoms with E-state index in [2.05, 4.69) is 5.32 Å². The molecule has 0 fully saturated rings. The molecule has 3 N–H and O–H groups in total. The maximum absolute atomic E-state index is 12.2. The number of anilines is 1. The van der Waals surface area contributed by atoms with E-state index in [1.54, 1.807) is 7.11 Å². The Kier molecular flexibility index (Phi) is 4.60. The van der Waals surface area contributed by atoms with Gasteiger partial charge in [0.05, 0.1) is 6.61 Å². The van der Waals surface area contributed by atoms with E-state index in [1.807, 2.05) is 61.5 Å². The Morgan fingerprint density at radius 3 is 2.29 bits per heavy atom. The Morgan fingerprint density at radius 2 is 1.76 bits per heavy atom. The van der Waals surface area contributed by atoms with Gasteiger partial charge < -0.3 is 15.8 Å². The minimum atomic E-state index is -1.09. The van der Waals surface area contributed by atoms with Gasteiger partial charge in [0.25, 0.3) is 0 Å². The van der Waals surface area contributed by atoms with Gasteiger partial charge in [-0.1, -0.05) is 48.0 Å². The van der Waals surface area contributed by atoms with Gasteiger partial charge in [-0.05, 0) is 24.6 Å². The molecule has 0 saturated heterocycles. The predicted octanol–water partition coefficient (Wildman–Crippen LogP) is 2.43. The van der Waals surface area contributed by atoms with Crippen LogP contribution in [-0.4, -0.2) is 19.6 Å². The fourth-order valence-electron chi connectivity index (χ4n) is 2.29. The number of primary amides is 1. The molecule has 0 saturated carbocycles. The highest BCUT2D eigenvalue weighted by Gasteiger charge is 2.38. The average Bonchev–Trinajstić information content (AvgIpc) is 2.49. The van der Waals surface area contributed by atoms with E-state index in [0.717, 1.165) is 16.8 Å². The van der Waals surface area contributed by atoms with E-state index in [0.29, 0.717) is 0 Å². The van der Waals surface area contributed by atoms with Crippen molar-refractivity contribution in [3.8, 4) is 0 Å². The lowest BCUT2D eigenvalue weighted by Crippen LogP contribution is -2.51. The van der Waals surface area contributed by atoms with Crippen LogP contribution in [0.15, 0.2) is 54.6 Å². The van der Waals surface area contributed by atoms with Crippen LogP contribution in [0.4, 0.5) is 5.69 Å². The van der Waals surface area contributed by atoms with Crippen LogP contribution in [0.25, 0.3) is 0 Å². The monoisotopic (exact) mass is 284 g/mol. The number of nitrogens with two attached hydrogens (primary N) is 1. The number of hydrogen-bond acceptors (Lipinski definition) is 3. The van der Waals surface area contributed by atoms with E-state index in [9.17, 15) is 4.79 Å². The van der Waals surface area contributed by atoms with Gasteiger partial charge in [0.15, 0.2) is 5.54 Å². The molecule has 0 aromatic heterocycles. The van der Waals surface area contributed by atoms with Crippen molar-refractivity contribution in [2.75, 3.05) is 19.0 Å². The third kappa shape index (κ3) is 3.23. The third-order valence-corrected chi connectivity index (χ3v) is 3.46. The largest absolute Gasteiger partial charge is 0.381 e. The fraction of sp³-hybridized carbons (Fsp3) is 0.235. The van der Waals surface area contributed by atoms with Crippen LogP contribution in [0.3, 0.4) is 0 Å². The van der Waals surface area contributed by atoms with Crippen LogP contribution in [0.2, 0.25) is 0 Å². The Hall–Kier alpha value is -2.33. The molecule has 1 amide bonds. The van der Waals surface area contributed by atoms with E-state index < -0.39 is 11.4 Å². The number of aryl methyl sites for hydroxylation is 1. The molecule has 21 heavy (non-hydrogen) atoms. The quantitative estimate of drug-likeness (QED) is 0.856. The van der Waals surface area contributed by atoms with Crippen molar-refractivity contribution in [2.45, 2.75) is 12.5 Å². The van der Waals surface area contributed by atoms with Gasteiger partial charge in [0, 0.05) is 12.8 Å². The SMILES string of the molecule is COCC(Nc1ccc(C)cc1)(C(N)=O)c1ccccc1. The molecule has 2 aromatic rings. The number of hydrogen-bond donors (Lipinski definition) is 2. The molecule has 2 aromatic carbocycles. The summed E-state index contributed by atoms with van der Waals surface area (Å²) in [5.74, 6) is -0.476. The van der Waals surface area contributed by atoms with Crippen molar-refractivity contribution in [3.05, 3.63) is 65.7 Å². The van der Waals surface area contributed by atoms with E-state index in [4.69, 9.17) is 10.5 Å². The zero-order chi connectivity index (χ0) is 15.3. The van der Waals surface area contributed by atoms with Crippen LogP contribution in [-0.2, 0) is 15.1 Å². The Labute approximate surface area is 124 Å². The molecule has 4 nitrogen and oxygen atoms in total. The van der Waals surface area contributed by atoms with Crippen LogP contribution >= 0.6 is 0 Å². The second kappa shape index (κ2) is 6.41. The lowest BCUT2D eigenvalue weighted by atomic mass is 9.89. The summed E-state index contributed by atoms with van der Waals surface area (Å²) in [6, 6.07) is 17.2. The maximum atomic E-state index is 12.2. The summed E-state index contributed by atoms with van der Waals surface area (Å²) in [7, 11) is 1.55. The molecule has 0 spiro atoms. The maximum Gasteiger partial charge on any atom is 0.250 e. The minimum Gasteiger partial charge on any atom is -0.381 e. The summed E-state index contributed by atoms with van der Waals surface area (Å²) in [4.78, 5) is 12.2. The van der Waals surface area contributed by atoms with Crippen molar-refractivity contribution in [2.24, 2.45) is 5.73 Å². The molecule has 0 aliphatic rings. The van der Waals surface area contributed by atoms with Crippen molar-refractivity contribution in [1.29, 1.82) is 0 Å². The summed E-state index contributed by atoms with van der Waals surface area (Å²) in [6.45, 7) is 2.16. The summed E-state index contributed by atoms with van der Waals surface area (Å²) in [5, 5.41) is 3.24. The summed E-state index contributed by atoms with van der Waals surface area (Å²) in [6.07, 6.45) is 0. The molecule has 1 atom stereocenters. The van der Waals surface area contributed by atoms with E-state index in [1.165, 1.54) is 0 Å². The van der Waals surface area contributed by atoms with Gasteiger partial charge >= 0.3 is 0 Å². The van der Waals surface area contributed by atoms with Gasteiger partial charge in [0.1, 0.15) is 0 Å². The molecule has 0 aliphatic heterocycles. The zero-order valence-corrected chi connectivity index (χ0v) is 12.3. The first-order valence-electron chi connectivity index (χ1n) is 6.78. The molecule has 0 aliphatic carbocycles. The number of carbonyl (C=O) groups is 1. The number of benzene rings is 2. The Morgan fingerprint density at radius 1 is 1.14 bits per heavy atom. The fourth-order valence-corrected chi connectivity index (χ4v) is 2.29. The van der Waals surface area contributed by atoms with Crippen LogP contribution in [0.1, 0.15) is 11.1 Å². The van der Waals surface area contributed by atoms with Gasteiger partial charge in [-0.25, -0.2) is 0 Å². The first-order valence-corrected chi connectivity index (χ1v) is 6.78. The minimum absolute atomic E-state index is 0.153. The molecule has 4 heteroatoms.